The van der Waals surface area contributed by atoms with Crippen molar-refractivity contribution >= 4 is 10.0 Å². The lowest BCUT2D eigenvalue weighted by atomic mass is 10.2. The molecule has 5 heteroatoms. The Morgan fingerprint density at radius 2 is 2.00 bits per heavy atom. The summed E-state index contributed by atoms with van der Waals surface area (Å²) in [6.07, 6.45) is 1.80. The topological polar surface area (TPSA) is 72.2 Å². The van der Waals surface area contributed by atoms with Crippen molar-refractivity contribution < 1.29 is 8.42 Å². The molecule has 0 bridgehead atoms. The Hall–Kier alpha value is -0.910. The van der Waals surface area contributed by atoms with Gasteiger partial charge in [-0.3, -0.25) is 0 Å². The van der Waals surface area contributed by atoms with E-state index in [2.05, 4.69) is 4.72 Å². The predicted octanol–water partition coefficient (Wildman–Crippen LogP) is 1.22. The molecule has 0 saturated heterocycles. The quantitative estimate of drug-likeness (QED) is 0.737. The van der Waals surface area contributed by atoms with E-state index in [1.54, 1.807) is 24.3 Å². The van der Waals surface area contributed by atoms with Gasteiger partial charge in [0.15, 0.2) is 0 Å². The highest BCUT2D eigenvalue weighted by molar-refractivity contribution is 7.89. The van der Waals surface area contributed by atoms with Gasteiger partial charge in [0.25, 0.3) is 0 Å². The van der Waals surface area contributed by atoms with Gasteiger partial charge >= 0.3 is 0 Å². The lowest BCUT2D eigenvalue weighted by Gasteiger charge is -2.09. The fraction of sp³-hybridized carbons (Fsp3) is 0.455. The lowest BCUT2D eigenvalue weighted by molar-refractivity contribution is 0.577. The van der Waals surface area contributed by atoms with Gasteiger partial charge in [0.05, 0.1) is 4.90 Å². The van der Waals surface area contributed by atoms with Crippen LogP contribution in [0.25, 0.3) is 0 Å². The lowest BCUT2D eigenvalue weighted by Crippen LogP contribution is -2.26. The number of rotatable bonds is 6. The van der Waals surface area contributed by atoms with Crippen LogP contribution in [-0.2, 0) is 16.6 Å². The van der Waals surface area contributed by atoms with Crippen LogP contribution in [0.5, 0.6) is 0 Å². The average molecular weight is 242 g/mol. The molecule has 1 aromatic carbocycles. The molecular weight excluding hydrogens is 224 g/mol. The Labute approximate surface area is 96.9 Å². The summed E-state index contributed by atoms with van der Waals surface area (Å²) in [5.74, 6) is 0. The van der Waals surface area contributed by atoms with Gasteiger partial charge in [-0.15, -0.1) is 0 Å². The van der Waals surface area contributed by atoms with Gasteiger partial charge in [0, 0.05) is 13.1 Å². The minimum atomic E-state index is -3.41. The summed E-state index contributed by atoms with van der Waals surface area (Å²) in [5, 5.41) is 0. The Balaban J connectivity index is 2.89. The van der Waals surface area contributed by atoms with E-state index in [1.807, 2.05) is 6.92 Å². The molecule has 1 aromatic rings. The van der Waals surface area contributed by atoms with Gasteiger partial charge in [0.1, 0.15) is 0 Å². The molecule has 0 aliphatic heterocycles. The number of nitrogens with one attached hydrogen (secondary N) is 1. The Morgan fingerprint density at radius 3 is 2.62 bits per heavy atom. The van der Waals surface area contributed by atoms with Crippen LogP contribution in [0.3, 0.4) is 0 Å². The molecule has 0 heterocycles. The third-order valence-electron chi connectivity index (χ3n) is 2.30. The number of unbranched alkanes of at least 4 members (excludes halogenated alkanes) is 1. The van der Waals surface area contributed by atoms with Crippen molar-refractivity contribution in [2.24, 2.45) is 5.73 Å². The van der Waals surface area contributed by atoms with Crippen LogP contribution in [0.1, 0.15) is 25.3 Å². The summed E-state index contributed by atoms with van der Waals surface area (Å²) in [7, 11) is -3.41. The van der Waals surface area contributed by atoms with Crippen molar-refractivity contribution in [3.63, 3.8) is 0 Å². The fourth-order valence-corrected chi connectivity index (χ4v) is 2.72. The molecule has 0 aromatic heterocycles. The van der Waals surface area contributed by atoms with Crippen LogP contribution < -0.4 is 10.5 Å². The Kier molecular flexibility index (Phi) is 4.92. The highest BCUT2D eigenvalue weighted by Gasteiger charge is 2.16. The first-order valence-corrected chi connectivity index (χ1v) is 6.87. The second kappa shape index (κ2) is 5.98. The Morgan fingerprint density at radius 1 is 1.31 bits per heavy atom. The minimum absolute atomic E-state index is 0.227. The van der Waals surface area contributed by atoms with E-state index in [0.717, 1.165) is 12.8 Å². The van der Waals surface area contributed by atoms with E-state index < -0.39 is 10.0 Å². The van der Waals surface area contributed by atoms with E-state index in [4.69, 9.17) is 5.73 Å². The van der Waals surface area contributed by atoms with Gasteiger partial charge in [-0.05, 0) is 18.1 Å². The summed E-state index contributed by atoms with van der Waals surface area (Å²) in [5.41, 5.74) is 6.15. The maximum atomic E-state index is 11.9. The van der Waals surface area contributed by atoms with Gasteiger partial charge in [-0.25, -0.2) is 13.1 Å². The molecule has 0 saturated carbocycles. The van der Waals surface area contributed by atoms with Crippen LogP contribution in [0.15, 0.2) is 29.2 Å². The highest BCUT2D eigenvalue weighted by Crippen LogP contribution is 2.14. The van der Waals surface area contributed by atoms with E-state index in [0.29, 0.717) is 12.1 Å². The van der Waals surface area contributed by atoms with Crippen molar-refractivity contribution in [3.05, 3.63) is 29.8 Å². The van der Waals surface area contributed by atoms with Gasteiger partial charge in [-0.2, -0.15) is 0 Å². The van der Waals surface area contributed by atoms with Crippen LogP contribution >= 0.6 is 0 Å². The summed E-state index contributed by atoms with van der Waals surface area (Å²) in [6.45, 7) is 2.71. The van der Waals surface area contributed by atoms with Crippen LogP contribution in [0.2, 0.25) is 0 Å². The monoisotopic (exact) mass is 242 g/mol. The first kappa shape index (κ1) is 13.2. The zero-order valence-electron chi connectivity index (χ0n) is 9.44. The van der Waals surface area contributed by atoms with E-state index in [9.17, 15) is 8.42 Å². The average Bonchev–Trinajstić information content (AvgIpc) is 2.29. The molecule has 0 atom stereocenters. The number of hydrogen-bond acceptors (Lipinski definition) is 3. The molecule has 0 radical (unpaired) electrons. The molecule has 0 unspecified atom stereocenters. The van der Waals surface area contributed by atoms with E-state index in [1.165, 1.54) is 0 Å². The second-order valence-corrected chi connectivity index (χ2v) is 5.30. The summed E-state index contributed by atoms with van der Waals surface area (Å²) in [4.78, 5) is 0.286. The van der Waals surface area contributed by atoms with Gasteiger partial charge in [0.2, 0.25) is 10.0 Å². The molecule has 0 aliphatic carbocycles. The smallest absolute Gasteiger partial charge is 0.240 e. The largest absolute Gasteiger partial charge is 0.326 e. The number of benzene rings is 1. The van der Waals surface area contributed by atoms with Crippen LogP contribution in [0, 0.1) is 0 Å². The molecule has 0 spiro atoms. The zero-order valence-corrected chi connectivity index (χ0v) is 10.3. The Bertz CT molecular complexity index is 429. The van der Waals surface area contributed by atoms with Crippen LogP contribution in [0.4, 0.5) is 0 Å². The summed E-state index contributed by atoms with van der Waals surface area (Å²) < 4.78 is 26.4. The third-order valence-corrected chi connectivity index (χ3v) is 3.87. The van der Waals surface area contributed by atoms with Crippen molar-refractivity contribution in [1.82, 2.24) is 4.72 Å². The maximum Gasteiger partial charge on any atom is 0.240 e. The molecule has 16 heavy (non-hydrogen) atoms. The minimum Gasteiger partial charge on any atom is -0.326 e. The molecule has 90 valence electrons. The SMILES string of the molecule is CCCCNS(=O)(=O)c1ccccc1CN. The van der Waals surface area contributed by atoms with E-state index >= 15 is 0 Å². The molecule has 3 N–H and O–H groups in total. The number of hydrogen-bond donors (Lipinski definition) is 2. The van der Waals surface area contributed by atoms with Crippen molar-refractivity contribution in [1.29, 1.82) is 0 Å². The highest BCUT2D eigenvalue weighted by atomic mass is 32.2. The van der Waals surface area contributed by atoms with E-state index in [-0.39, 0.29) is 11.4 Å². The number of sulfonamides is 1. The van der Waals surface area contributed by atoms with Crippen molar-refractivity contribution in [2.75, 3.05) is 6.54 Å². The van der Waals surface area contributed by atoms with Gasteiger partial charge in [-0.1, -0.05) is 31.5 Å². The fourth-order valence-electron chi connectivity index (χ4n) is 1.40. The van der Waals surface area contributed by atoms with Crippen molar-refractivity contribution in [2.45, 2.75) is 31.2 Å². The number of nitrogens with two attached hydrogens (primary N) is 1. The predicted molar refractivity (Wildman–Crippen MR) is 64.4 cm³/mol. The maximum absolute atomic E-state index is 11.9. The summed E-state index contributed by atoms with van der Waals surface area (Å²) in [6, 6.07) is 6.80. The normalized spacial score (nSPS) is 11.6. The molecule has 0 fully saturated rings. The molecule has 0 amide bonds. The third kappa shape index (κ3) is 3.30. The van der Waals surface area contributed by atoms with Crippen LogP contribution in [-0.4, -0.2) is 15.0 Å². The molecule has 0 aliphatic rings. The summed E-state index contributed by atoms with van der Waals surface area (Å²) >= 11 is 0. The van der Waals surface area contributed by atoms with Gasteiger partial charge < -0.3 is 5.73 Å². The molecule has 1 rings (SSSR count). The second-order valence-electron chi connectivity index (χ2n) is 3.56. The first-order chi connectivity index (χ1) is 7.61. The standard InChI is InChI=1S/C11H18N2O2S/c1-2-3-8-13-16(14,15)11-7-5-4-6-10(11)9-12/h4-7,13H,2-3,8-9,12H2,1H3. The molecular formula is C11H18N2O2S. The zero-order chi connectivity index (χ0) is 12.0. The molecule has 4 nitrogen and oxygen atoms in total. The van der Waals surface area contributed by atoms with Crippen molar-refractivity contribution in [3.8, 4) is 0 Å². The first-order valence-electron chi connectivity index (χ1n) is 5.39.